The highest BCUT2D eigenvalue weighted by molar-refractivity contribution is 5.76. The number of carbonyl (C=O) groups excluding carboxylic acids is 1. The second-order valence-corrected chi connectivity index (χ2v) is 5.61. The van der Waals surface area contributed by atoms with Gasteiger partial charge in [0.15, 0.2) is 0 Å². The molecule has 6 nitrogen and oxygen atoms in total. The van der Waals surface area contributed by atoms with Crippen molar-refractivity contribution in [1.82, 2.24) is 25.5 Å². The predicted octanol–water partition coefficient (Wildman–Crippen LogP) is 2.63. The molecule has 0 saturated heterocycles. The largest absolute Gasteiger partial charge is 0.348 e. The number of halogens is 3. The first-order valence-corrected chi connectivity index (χ1v) is 7.70. The maximum Gasteiger partial charge on any atom is 0.244 e. The summed E-state index contributed by atoms with van der Waals surface area (Å²) in [7, 11) is 0. The monoisotopic (exact) mass is 361 g/mol. The van der Waals surface area contributed by atoms with Gasteiger partial charge >= 0.3 is 0 Å². The lowest BCUT2D eigenvalue weighted by molar-refractivity contribution is -0.122. The molecule has 1 amide bonds. The van der Waals surface area contributed by atoms with E-state index in [0.717, 1.165) is 16.9 Å². The van der Waals surface area contributed by atoms with Crippen molar-refractivity contribution in [3.63, 3.8) is 0 Å². The normalized spacial score (nSPS) is 12.0. The third-order valence-corrected chi connectivity index (χ3v) is 3.65. The average Bonchev–Trinajstić information content (AvgIpc) is 3.03. The number of aromatic nitrogens is 4. The minimum absolute atomic E-state index is 0.165. The van der Waals surface area contributed by atoms with Gasteiger partial charge in [0.25, 0.3) is 0 Å². The van der Waals surface area contributed by atoms with Crippen molar-refractivity contribution in [3.05, 3.63) is 65.5 Å². The SMILES string of the molecule is C[C@H](NC(=O)Cn1nnc(-c2ccc(F)cc2)n1)c1ccc(F)cc1F. The zero-order valence-corrected chi connectivity index (χ0v) is 13.7. The summed E-state index contributed by atoms with van der Waals surface area (Å²) < 4.78 is 39.6. The van der Waals surface area contributed by atoms with E-state index in [1.165, 1.54) is 30.3 Å². The fourth-order valence-electron chi connectivity index (χ4n) is 2.37. The Hall–Kier alpha value is -3.23. The molecule has 1 atom stereocenters. The van der Waals surface area contributed by atoms with Gasteiger partial charge in [-0.1, -0.05) is 6.07 Å². The summed E-state index contributed by atoms with van der Waals surface area (Å²) >= 11 is 0. The van der Waals surface area contributed by atoms with E-state index in [1.807, 2.05) is 0 Å². The first-order chi connectivity index (χ1) is 12.4. The lowest BCUT2D eigenvalue weighted by Crippen LogP contribution is -2.31. The number of nitrogens with one attached hydrogen (secondary N) is 1. The van der Waals surface area contributed by atoms with Gasteiger partial charge in [-0.25, -0.2) is 13.2 Å². The van der Waals surface area contributed by atoms with Gasteiger partial charge < -0.3 is 5.32 Å². The van der Waals surface area contributed by atoms with Crippen LogP contribution in [0.2, 0.25) is 0 Å². The average molecular weight is 361 g/mol. The number of tetrazole rings is 1. The van der Waals surface area contributed by atoms with E-state index in [-0.39, 0.29) is 23.7 Å². The molecule has 3 aromatic rings. The van der Waals surface area contributed by atoms with Gasteiger partial charge in [0.1, 0.15) is 24.0 Å². The van der Waals surface area contributed by atoms with Crippen molar-refractivity contribution in [2.75, 3.05) is 0 Å². The Bertz CT molecular complexity index is 926. The van der Waals surface area contributed by atoms with Crippen LogP contribution in [0.3, 0.4) is 0 Å². The first kappa shape index (κ1) is 17.6. The Labute approximate surface area is 146 Å². The zero-order chi connectivity index (χ0) is 18.7. The molecule has 0 unspecified atom stereocenters. The highest BCUT2D eigenvalue weighted by atomic mass is 19.1. The fourth-order valence-corrected chi connectivity index (χ4v) is 2.37. The number of nitrogens with zero attached hydrogens (tertiary/aromatic N) is 4. The van der Waals surface area contributed by atoms with Crippen molar-refractivity contribution in [2.24, 2.45) is 0 Å². The summed E-state index contributed by atoms with van der Waals surface area (Å²) in [6.07, 6.45) is 0. The van der Waals surface area contributed by atoms with Crippen LogP contribution in [0.1, 0.15) is 18.5 Å². The first-order valence-electron chi connectivity index (χ1n) is 7.70. The maximum absolute atomic E-state index is 13.7. The Morgan fingerprint density at radius 3 is 2.50 bits per heavy atom. The van der Waals surface area contributed by atoms with Crippen LogP contribution < -0.4 is 5.32 Å². The fraction of sp³-hybridized carbons (Fsp3) is 0.176. The molecule has 1 aromatic heterocycles. The van der Waals surface area contributed by atoms with E-state index in [2.05, 4.69) is 20.7 Å². The van der Waals surface area contributed by atoms with Crippen molar-refractivity contribution >= 4 is 5.91 Å². The van der Waals surface area contributed by atoms with Crippen LogP contribution in [-0.2, 0) is 11.3 Å². The van der Waals surface area contributed by atoms with E-state index in [4.69, 9.17) is 0 Å². The molecule has 3 rings (SSSR count). The number of amides is 1. The molecule has 0 saturated carbocycles. The minimum Gasteiger partial charge on any atom is -0.348 e. The highest BCUT2D eigenvalue weighted by Crippen LogP contribution is 2.18. The molecule has 0 aliphatic carbocycles. The van der Waals surface area contributed by atoms with Crippen molar-refractivity contribution in [3.8, 4) is 11.4 Å². The van der Waals surface area contributed by atoms with E-state index >= 15 is 0 Å². The van der Waals surface area contributed by atoms with Crippen LogP contribution in [0.5, 0.6) is 0 Å². The van der Waals surface area contributed by atoms with Gasteiger partial charge in [0.05, 0.1) is 6.04 Å². The summed E-state index contributed by atoms with van der Waals surface area (Å²) in [4.78, 5) is 13.2. The summed E-state index contributed by atoms with van der Waals surface area (Å²) in [5, 5.41) is 14.2. The number of hydrogen-bond donors (Lipinski definition) is 1. The standard InChI is InChI=1S/C17H14F3N5O/c1-10(14-7-6-13(19)8-15(14)20)21-16(26)9-25-23-17(22-24-25)11-2-4-12(18)5-3-11/h2-8,10H,9H2,1H3,(H,21,26)/t10-/m0/s1. The van der Waals surface area contributed by atoms with Crippen molar-refractivity contribution in [1.29, 1.82) is 0 Å². The molecule has 9 heteroatoms. The molecular weight excluding hydrogens is 347 g/mol. The molecule has 26 heavy (non-hydrogen) atoms. The summed E-state index contributed by atoms with van der Waals surface area (Å²) in [5.41, 5.74) is 0.720. The van der Waals surface area contributed by atoms with Gasteiger partial charge in [0.2, 0.25) is 11.7 Å². The van der Waals surface area contributed by atoms with Gasteiger partial charge in [-0.2, -0.15) is 4.80 Å². The molecular formula is C17H14F3N5O. The quantitative estimate of drug-likeness (QED) is 0.758. The van der Waals surface area contributed by atoms with Gasteiger partial charge in [0, 0.05) is 17.2 Å². The van der Waals surface area contributed by atoms with Crippen LogP contribution in [0.25, 0.3) is 11.4 Å². The summed E-state index contributed by atoms with van der Waals surface area (Å²) in [5.74, 6) is -2.04. The molecule has 134 valence electrons. The second kappa shape index (κ2) is 7.34. The molecule has 0 fully saturated rings. The number of benzene rings is 2. The molecule has 0 aliphatic rings. The van der Waals surface area contributed by atoms with Gasteiger partial charge in [-0.05, 0) is 42.5 Å². The van der Waals surface area contributed by atoms with E-state index in [1.54, 1.807) is 6.92 Å². The van der Waals surface area contributed by atoms with Crippen LogP contribution in [0, 0.1) is 17.5 Å². The number of hydrogen-bond acceptors (Lipinski definition) is 4. The molecule has 0 bridgehead atoms. The molecule has 2 aromatic carbocycles. The van der Waals surface area contributed by atoms with Crippen LogP contribution >= 0.6 is 0 Å². The Balaban J connectivity index is 1.64. The highest BCUT2D eigenvalue weighted by Gasteiger charge is 2.16. The second-order valence-electron chi connectivity index (χ2n) is 5.61. The van der Waals surface area contributed by atoms with E-state index in [9.17, 15) is 18.0 Å². The molecule has 1 N–H and O–H groups in total. The minimum atomic E-state index is -0.740. The lowest BCUT2D eigenvalue weighted by atomic mass is 10.1. The Morgan fingerprint density at radius 1 is 1.12 bits per heavy atom. The molecule has 1 heterocycles. The maximum atomic E-state index is 13.7. The third kappa shape index (κ3) is 4.05. The van der Waals surface area contributed by atoms with Crippen LogP contribution in [-0.4, -0.2) is 26.1 Å². The topological polar surface area (TPSA) is 72.7 Å². The molecule has 0 aliphatic heterocycles. The van der Waals surface area contributed by atoms with Gasteiger partial charge in [-0.3, -0.25) is 4.79 Å². The number of rotatable bonds is 5. The zero-order valence-electron chi connectivity index (χ0n) is 13.7. The Kier molecular flexibility index (Phi) is 4.97. The van der Waals surface area contributed by atoms with Crippen LogP contribution in [0.15, 0.2) is 42.5 Å². The van der Waals surface area contributed by atoms with E-state index in [0.29, 0.717) is 5.56 Å². The van der Waals surface area contributed by atoms with E-state index < -0.39 is 23.6 Å². The van der Waals surface area contributed by atoms with Crippen molar-refractivity contribution in [2.45, 2.75) is 19.5 Å². The summed E-state index contributed by atoms with van der Waals surface area (Å²) in [6, 6.07) is 8.01. The van der Waals surface area contributed by atoms with Gasteiger partial charge in [-0.15, -0.1) is 10.2 Å². The smallest absolute Gasteiger partial charge is 0.244 e. The number of carbonyl (C=O) groups is 1. The van der Waals surface area contributed by atoms with Crippen molar-refractivity contribution < 1.29 is 18.0 Å². The molecule has 0 spiro atoms. The van der Waals surface area contributed by atoms with Crippen LogP contribution in [0.4, 0.5) is 13.2 Å². The third-order valence-electron chi connectivity index (χ3n) is 3.65. The summed E-state index contributed by atoms with van der Waals surface area (Å²) in [6.45, 7) is 1.34. The lowest BCUT2D eigenvalue weighted by Gasteiger charge is -2.14. The Morgan fingerprint density at radius 2 is 1.81 bits per heavy atom. The predicted molar refractivity (Wildman–Crippen MR) is 86.1 cm³/mol. The molecule has 0 radical (unpaired) electrons.